The van der Waals surface area contributed by atoms with Crippen LogP contribution in [-0.2, 0) is 12.0 Å². The number of ether oxygens (including phenoxy) is 1. The van der Waals surface area contributed by atoms with Crippen LogP contribution in [0.3, 0.4) is 0 Å². The molecule has 1 aliphatic heterocycles. The first-order chi connectivity index (χ1) is 15.5. The van der Waals surface area contributed by atoms with Crippen LogP contribution in [0, 0.1) is 26.7 Å². The van der Waals surface area contributed by atoms with Crippen molar-refractivity contribution in [1.29, 1.82) is 0 Å². The Labute approximate surface area is 197 Å². The first-order valence-corrected chi connectivity index (χ1v) is 12.3. The van der Waals surface area contributed by atoms with Crippen molar-refractivity contribution in [2.45, 2.75) is 84.8 Å². The van der Waals surface area contributed by atoms with E-state index in [4.69, 9.17) is 4.74 Å². The van der Waals surface area contributed by atoms with Gasteiger partial charge in [-0.25, -0.2) is 0 Å². The van der Waals surface area contributed by atoms with Crippen LogP contribution >= 0.6 is 0 Å². The van der Waals surface area contributed by atoms with Crippen molar-refractivity contribution in [2.24, 2.45) is 5.92 Å². The van der Waals surface area contributed by atoms with E-state index in [1.165, 1.54) is 21.9 Å². The molecule has 174 valence electrons. The molecule has 0 saturated heterocycles. The largest absolute Gasteiger partial charge is 0.508 e. The van der Waals surface area contributed by atoms with E-state index < -0.39 is 5.60 Å². The van der Waals surface area contributed by atoms with Crippen molar-refractivity contribution in [2.75, 3.05) is 0 Å². The molecule has 3 heteroatoms. The third-order valence-electron chi connectivity index (χ3n) is 8.15. The lowest BCUT2D eigenvalue weighted by Gasteiger charge is -2.49. The van der Waals surface area contributed by atoms with Crippen LogP contribution in [0.5, 0.6) is 11.5 Å². The predicted octanol–water partition coefficient (Wildman–Crippen LogP) is 6.93. The summed E-state index contributed by atoms with van der Waals surface area (Å²) in [5.41, 5.74) is 6.44. The Balaban J connectivity index is 1.78. The molecule has 33 heavy (non-hydrogen) atoms. The van der Waals surface area contributed by atoms with Crippen LogP contribution in [-0.4, -0.2) is 16.3 Å². The molecule has 5 rings (SSSR count). The summed E-state index contributed by atoms with van der Waals surface area (Å²) in [6.45, 7) is 15.1. The molecule has 1 aliphatic carbocycles. The second-order valence-corrected chi connectivity index (χ2v) is 11.1. The molecular formula is C30H36O3. The van der Waals surface area contributed by atoms with E-state index in [1.54, 1.807) is 6.07 Å². The molecule has 0 fully saturated rings. The first-order valence-electron chi connectivity index (χ1n) is 12.3. The molecule has 2 N–H and O–H groups in total. The molecule has 1 heterocycles. The quantitative estimate of drug-likeness (QED) is 0.451. The van der Waals surface area contributed by atoms with Crippen LogP contribution < -0.4 is 4.74 Å². The van der Waals surface area contributed by atoms with E-state index in [0.717, 1.165) is 40.0 Å². The summed E-state index contributed by atoms with van der Waals surface area (Å²) in [7, 11) is 0. The number of benzene rings is 3. The highest BCUT2D eigenvalue weighted by Crippen LogP contribution is 2.54. The van der Waals surface area contributed by atoms with Crippen molar-refractivity contribution in [3.8, 4) is 11.5 Å². The third-order valence-corrected chi connectivity index (χ3v) is 8.15. The van der Waals surface area contributed by atoms with Crippen molar-refractivity contribution in [3.63, 3.8) is 0 Å². The van der Waals surface area contributed by atoms with Gasteiger partial charge >= 0.3 is 0 Å². The fraction of sp³-hybridized carbons (Fsp3) is 0.467. The molecule has 0 saturated carbocycles. The zero-order valence-corrected chi connectivity index (χ0v) is 20.9. The van der Waals surface area contributed by atoms with Crippen molar-refractivity contribution in [1.82, 2.24) is 0 Å². The van der Waals surface area contributed by atoms with Gasteiger partial charge in [-0.2, -0.15) is 0 Å². The second kappa shape index (κ2) is 7.50. The van der Waals surface area contributed by atoms with Crippen LogP contribution in [0.15, 0.2) is 30.3 Å². The number of hydrogen-bond acceptors (Lipinski definition) is 3. The number of fused-ring (bicyclic) bond motifs is 6. The number of rotatable bonds is 2. The summed E-state index contributed by atoms with van der Waals surface area (Å²) in [5.74, 6) is 2.27. The zero-order chi connectivity index (χ0) is 23.8. The van der Waals surface area contributed by atoms with Gasteiger partial charge in [0.2, 0.25) is 0 Å². The average molecular weight is 445 g/mol. The summed E-state index contributed by atoms with van der Waals surface area (Å²) in [5, 5.41) is 25.4. The minimum absolute atomic E-state index is 0.239. The van der Waals surface area contributed by atoms with Gasteiger partial charge in [-0.3, -0.25) is 0 Å². The SMILES string of the molecule is Cc1cc2c(cc1O)[C@]1(O)Cc3c(c(C)cc4c(C(C)C)ccc(C)c34)O[C@@H]1C[C@H]2C(C)C. The molecule has 0 aromatic heterocycles. The summed E-state index contributed by atoms with van der Waals surface area (Å²) < 4.78 is 6.71. The van der Waals surface area contributed by atoms with Crippen LogP contribution in [0.1, 0.15) is 84.9 Å². The van der Waals surface area contributed by atoms with Gasteiger partial charge < -0.3 is 14.9 Å². The normalized spacial score (nSPS) is 23.9. The number of phenols is 1. The molecule has 2 aliphatic rings. The molecule has 3 aromatic carbocycles. The molecule has 0 spiro atoms. The Kier molecular flexibility index (Phi) is 5.06. The van der Waals surface area contributed by atoms with E-state index in [9.17, 15) is 10.2 Å². The Morgan fingerprint density at radius 1 is 0.970 bits per heavy atom. The lowest BCUT2D eigenvalue weighted by molar-refractivity contribution is -0.0952. The minimum atomic E-state index is -1.17. The van der Waals surface area contributed by atoms with Crippen molar-refractivity contribution in [3.05, 3.63) is 69.3 Å². The molecule has 3 aromatic rings. The van der Waals surface area contributed by atoms with E-state index in [-0.39, 0.29) is 17.8 Å². The fourth-order valence-electron chi connectivity index (χ4n) is 6.29. The Bertz CT molecular complexity index is 1270. The Morgan fingerprint density at radius 2 is 1.70 bits per heavy atom. The van der Waals surface area contributed by atoms with Gasteiger partial charge in [-0.1, -0.05) is 45.9 Å². The summed E-state index contributed by atoms with van der Waals surface area (Å²) in [6, 6.07) is 10.6. The van der Waals surface area contributed by atoms with E-state index in [1.807, 2.05) is 6.92 Å². The molecule has 0 amide bonds. The molecule has 0 bridgehead atoms. The third kappa shape index (κ3) is 3.19. The lowest BCUT2D eigenvalue weighted by Crippen LogP contribution is -2.52. The lowest BCUT2D eigenvalue weighted by atomic mass is 9.65. The average Bonchev–Trinajstić information content (AvgIpc) is 2.73. The molecule has 0 radical (unpaired) electrons. The van der Waals surface area contributed by atoms with E-state index in [2.05, 4.69) is 65.8 Å². The van der Waals surface area contributed by atoms with E-state index in [0.29, 0.717) is 18.3 Å². The van der Waals surface area contributed by atoms with Gasteiger partial charge in [0, 0.05) is 12.0 Å². The number of phenolic OH excluding ortho intramolecular Hbond substituents is 1. The number of aliphatic hydroxyl groups is 1. The van der Waals surface area contributed by atoms with Crippen molar-refractivity contribution >= 4 is 10.8 Å². The highest BCUT2D eigenvalue weighted by molar-refractivity contribution is 5.94. The second-order valence-electron chi connectivity index (χ2n) is 11.1. The maximum absolute atomic E-state index is 12.3. The molecule has 3 atom stereocenters. The Morgan fingerprint density at radius 3 is 2.36 bits per heavy atom. The molecule has 0 unspecified atom stereocenters. The minimum Gasteiger partial charge on any atom is -0.508 e. The van der Waals surface area contributed by atoms with Gasteiger partial charge in [-0.15, -0.1) is 0 Å². The Hall–Kier alpha value is -2.52. The first kappa shape index (κ1) is 22.3. The van der Waals surface area contributed by atoms with Crippen molar-refractivity contribution < 1.29 is 14.9 Å². The summed E-state index contributed by atoms with van der Waals surface area (Å²) >= 11 is 0. The maximum Gasteiger partial charge on any atom is 0.132 e. The summed E-state index contributed by atoms with van der Waals surface area (Å²) in [4.78, 5) is 0. The zero-order valence-electron chi connectivity index (χ0n) is 20.9. The summed E-state index contributed by atoms with van der Waals surface area (Å²) in [6.07, 6.45) is 0.929. The van der Waals surface area contributed by atoms with Crippen LogP contribution in [0.2, 0.25) is 0 Å². The number of aromatic hydroxyl groups is 1. The van der Waals surface area contributed by atoms with Crippen LogP contribution in [0.4, 0.5) is 0 Å². The molecular weight excluding hydrogens is 408 g/mol. The van der Waals surface area contributed by atoms with Gasteiger partial charge in [-0.05, 0) is 101 Å². The van der Waals surface area contributed by atoms with E-state index >= 15 is 0 Å². The smallest absolute Gasteiger partial charge is 0.132 e. The molecule has 3 nitrogen and oxygen atoms in total. The number of hydrogen-bond donors (Lipinski definition) is 2. The van der Waals surface area contributed by atoms with Gasteiger partial charge in [0.15, 0.2) is 0 Å². The highest BCUT2D eigenvalue weighted by Gasteiger charge is 2.51. The standard InChI is InChI=1S/C30H36O3/c1-15(2)20-9-8-17(5)28-23(20)11-19(7)29-24(28)14-30(32)25-13-26(31)18(6)10-22(25)21(16(3)4)12-27(30)33-29/h8-11,13,15-16,21,27,31-32H,12,14H2,1-7H3/t21-,27+,30+/m0/s1. The monoisotopic (exact) mass is 444 g/mol. The van der Waals surface area contributed by atoms with Gasteiger partial charge in [0.1, 0.15) is 23.2 Å². The topological polar surface area (TPSA) is 49.7 Å². The maximum atomic E-state index is 12.3. The highest BCUT2D eigenvalue weighted by atomic mass is 16.5. The van der Waals surface area contributed by atoms with Gasteiger partial charge in [0.25, 0.3) is 0 Å². The fourth-order valence-corrected chi connectivity index (χ4v) is 6.29. The van der Waals surface area contributed by atoms with Gasteiger partial charge in [0.05, 0.1) is 0 Å². The number of aryl methyl sites for hydroxylation is 3. The predicted molar refractivity (Wildman–Crippen MR) is 135 cm³/mol. The van der Waals surface area contributed by atoms with Crippen LogP contribution in [0.25, 0.3) is 10.8 Å².